The Morgan fingerprint density at radius 2 is 1.79 bits per heavy atom. The van der Waals surface area contributed by atoms with Crippen molar-refractivity contribution in [3.8, 4) is 0 Å². The van der Waals surface area contributed by atoms with Crippen molar-refractivity contribution in [1.82, 2.24) is 10.2 Å². The number of piperidine rings is 1. The molecule has 2 aliphatic heterocycles. The van der Waals surface area contributed by atoms with E-state index < -0.39 is 0 Å². The predicted molar refractivity (Wildman–Crippen MR) is 93.7 cm³/mol. The van der Waals surface area contributed by atoms with Gasteiger partial charge in [-0.25, -0.2) is 4.79 Å². The van der Waals surface area contributed by atoms with Gasteiger partial charge in [-0.3, -0.25) is 4.79 Å². The summed E-state index contributed by atoms with van der Waals surface area (Å²) < 4.78 is 0. The summed E-state index contributed by atoms with van der Waals surface area (Å²) in [6.45, 7) is 3.95. The van der Waals surface area contributed by atoms with E-state index in [0.717, 1.165) is 19.5 Å². The Hall–Kier alpha value is -2.24. The van der Waals surface area contributed by atoms with Gasteiger partial charge in [-0.2, -0.15) is 0 Å². The zero-order valence-corrected chi connectivity index (χ0v) is 14.0. The van der Waals surface area contributed by atoms with Gasteiger partial charge in [0.05, 0.1) is 0 Å². The number of hydrogen-bond acceptors (Lipinski definition) is 3. The molecule has 24 heavy (non-hydrogen) atoms. The van der Waals surface area contributed by atoms with Gasteiger partial charge in [-0.15, -0.1) is 0 Å². The summed E-state index contributed by atoms with van der Waals surface area (Å²) in [5.74, 6) is 0.155. The minimum Gasteiger partial charge on any atom is -0.371 e. The Morgan fingerprint density at radius 3 is 2.46 bits per heavy atom. The van der Waals surface area contributed by atoms with Gasteiger partial charge in [0.2, 0.25) is 5.91 Å². The fourth-order valence-corrected chi connectivity index (χ4v) is 3.58. The van der Waals surface area contributed by atoms with Crippen molar-refractivity contribution < 1.29 is 9.59 Å². The molecule has 2 fully saturated rings. The SMILES string of the molecule is NC(=O)C1CCN(C(=O)NC[C@@H]2CCN(c3ccccc3)C2)CC1. The standard InChI is InChI=1S/C18H26N4O2/c19-17(23)15-7-10-21(11-8-15)18(24)20-12-14-6-9-22(13-14)16-4-2-1-3-5-16/h1-5,14-15H,6-13H2,(H2,19,23)(H,20,24)/t14-/m0/s1. The first-order valence-electron chi connectivity index (χ1n) is 8.75. The second kappa shape index (κ2) is 7.55. The molecule has 2 heterocycles. The van der Waals surface area contributed by atoms with Crippen LogP contribution in [-0.4, -0.2) is 49.6 Å². The Morgan fingerprint density at radius 1 is 1.08 bits per heavy atom. The van der Waals surface area contributed by atoms with E-state index in [-0.39, 0.29) is 17.9 Å². The number of likely N-dealkylation sites (tertiary alicyclic amines) is 1. The number of hydrogen-bond donors (Lipinski definition) is 2. The van der Waals surface area contributed by atoms with Crippen LogP contribution in [0.15, 0.2) is 30.3 Å². The van der Waals surface area contributed by atoms with Gasteiger partial charge >= 0.3 is 6.03 Å². The Kier molecular flexibility index (Phi) is 5.23. The van der Waals surface area contributed by atoms with Crippen LogP contribution in [0.25, 0.3) is 0 Å². The quantitative estimate of drug-likeness (QED) is 0.876. The summed E-state index contributed by atoms with van der Waals surface area (Å²) in [6, 6.07) is 10.4. The molecule has 0 aromatic heterocycles. The third kappa shape index (κ3) is 3.99. The summed E-state index contributed by atoms with van der Waals surface area (Å²) in [4.78, 5) is 27.6. The normalized spacial score (nSPS) is 21.8. The molecule has 6 heteroatoms. The first kappa shape index (κ1) is 16.6. The number of rotatable bonds is 4. The number of benzene rings is 1. The molecule has 3 N–H and O–H groups in total. The van der Waals surface area contributed by atoms with Gasteiger partial charge < -0.3 is 20.9 Å². The number of carbonyl (C=O) groups excluding carboxylic acids is 2. The molecule has 1 atom stereocenters. The molecule has 2 saturated heterocycles. The molecule has 0 bridgehead atoms. The maximum atomic E-state index is 12.3. The summed E-state index contributed by atoms with van der Waals surface area (Å²) in [7, 11) is 0. The van der Waals surface area contributed by atoms with Crippen LogP contribution in [0, 0.1) is 11.8 Å². The van der Waals surface area contributed by atoms with Crippen molar-refractivity contribution in [2.45, 2.75) is 19.3 Å². The van der Waals surface area contributed by atoms with Crippen molar-refractivity contribution in [1.29, 1.82) is 0 Å². The molecule has 0 radical (unpaired) electrons. The van der Waals surface area contributed by atoms with E-state index in [1.54, 1.807) is 4.90 Å². The maximum absolute atomic E-state index is 12.3. The monoisotopic (exact) mass is 330 g/mol. The number of carbonyl (C=O) groups is 2. The van der Waals surface area contributed by atoms with Crippen LogP contribution in [0.1, 0.15) is 19.3 Å². The molecule has 3 rings (SSSR count). The third-order valence-electron chi connectivity index (χ3n) is 5.13. The average molecular weight is 330 g/mol. The molecular formula is C18H26N4O2. The third-order valence-corrected chi connectivity index (χ3v) is 5.13. The Labute approximate surface area is 143 Å². The van der Waals surface area contributed by atoms with Crippen LogP contribution in [0.3, 0.4) is 0 Å². The van der Waals surface area contributed by atoms with Crippen LogP contribution in [0.4, 0.5) is 10.5 Å². The Balaban J connectivity index is 1.40. The average Bonchev–Trinajstić information content (AvgIpc) is 3.09. The van der Waals surface area contributed by atoms with Crippen molar-refractivity contribution in [3.05, 3.63) is 30.3 Å². The molecule has 1 aromatic carbocycles. The van der Waals surface area contributed by atoms with E-state index in [2.05, 4.69) is 34.5 Å². The van der Waals surface area contributed by atoms with E-state index in [9.17, 15) is 9.59 Å². The zero-order valence-electron chi connectivity index (χ0n) is 14.0. The number of amides is 3. The summed E-state index contributed by atoms with van der Waals surface area (Å²) in [6.07, 6.45) is 2.45. The molecule has 6 nitrogen and oxygen atoms in total. The van der Waals surface area contributed by atoms with Gasteiger partial charge in [-0.05, 0) is 37.3 Å². The second-order valence-corrected chi connectivity index (χ2v) is 6.79. The van der Waals surface area contributed by atoms with Crippen LogP contribution < -0.4 is 16.0 Å². The predicted octanol–water partition coefficient (Wildman–Crippen LogP) is 1.42. The fraction of sp³-hybridized carbons (Fsp3) is 0.556. The van der Waals surface area contributed by atoms with Crippen molar-refractivity contribution in [2.75, 3.05) is 37.6 Å². The number of para-hydroxylation sites is 1. The smallest absolute Gasteiger partial charge is 0.317 e. The zero-order chi connectivity index (χ0) is 16.9. The number of nitrogens with two attached hydrogens (primary N) is 1. The van der Waals surface area contributed by atoms with Gasteiger partial charge in [0.25, 0.3) is 0 Å². The summed E-state index contributed by atoms with van der Waals surface area (Å²) in [5, 5.41) is 3.05. The van der Waals surface area contributed by atoms with Gasteiger partial charge in [0, 0.05) is 44.3 Å². The van der Waals surface area contributed by atoms with E-state index in [0.29, 0.717) is 38.4 Å². The molecular weight excluding hydrogens is 304 g/mol. The number of nitrogens with zero attached hydrogens (tertiary/aromatic N) is 2. The van der Waals surface area contributed by atoms with Gasteiger partial charge in [0.15, 0.2) is 0 Å². The molecule has 0 saturated carbocycles. The minimum absolute atomic E-state index is 0.0175. The molecule has 3 amide bonds. The highest BCUT2D eigenvalue weighted by Crippen LogP contribution is 2.23. The van der Waals surface area contributed by atoms with Crippen LogP contribution >= 0.6 is 0 Å². The fourth-order valence-electron chi connectivity index (χ4n) is 3.58. The number of primary amides is 1. The van der Waals surface area contributed by atoms with E-state index >= 15 is 0 Å². The first-order valence-corrected chi connectivity index (χ1v) is 8.75. The summed E-state index contributed by atoms with van der Waals surface area (Å²) in [5.41, 5.74) is 6.58. The van der Waals surface area contributed by atoms with E-state index in [1.807, 2.05) is 6.07 Å². The van der Waals surface area contributed by atoms with Crippen LogP contribution in [-0.2, 0) is 4.79 Å². The lowest BCUT2D eigenvalue weighted by Crippen LogP contribution is -2.47. The maximum Gasteiger partial charge on any atom is 0.317 e. The molecule has 130 valence electrons. The lowest BCUT2D eigenvalue weighted by atomic mass is 9.96. The number of nitrogens with one attached hydrogen (secondary N) is 1. The highest BCUT2D eigenvalue weighted by atomic mass is 16.2. The van der Waals surface area contributed by atoms with Crippen molar-refractivity contribution in [3.63, 3.8) is 0 Å². The molecule has 0 aliphatic carbocycles. The largest absolute Gasteiger partial charge is 0.371 e. The highest BCUT2D eigenvalue weighted by Gasteiger charge is 2.27. The highest BCUT2D eigenvalue weighted by molar-refractivity contribution is 5.78. The lowest BCUT2D eigenvalue weighted by molar-refractivity contribution is -0.123. The number of anilines is 1. The molecule has 2 aliphatic rings. The van der Waals surface area contributed by atoms with Crippen LogP contribution in [0.5, 0.6) is 0 Å². The van der Waals surface area contributed by atoms with Crippen molar-refractivity contribution >= 4 is 17.6 Å². The van der Waals surface area contributed by atoms with Crippen molar-refractivity contribution in [2.24, 2.45) is 17.6 Å². The molecule has 1 aromatic rings. The van der Waals surface area contributed by atoms with E-state index in [1.165, 1.54) is 5.69 Å². The van der Waals surface area contributed by atoms with Gasteiger partial charge in [0.1, 0.15) is 0 Å². The number of urea groups is 1. The molecule has 0 unspecified atom stereocenters. The Bertz CT molecular complexity index is 570. The topological polar surface area (TPSA) is 78.7 Å². The lowest BCUT2D eigenvalue weighted by Gasteiger charge is -2.31. The summed E-state index contributed by atoms with van der Waals surface area (Å²) >= 11 is 0. The minimum atomic E-state index is -0.248. The molecule has 0 spiro atoms. The van der Waals surface area contributed by atoms with Gasteiger partial charge in [-0.1, -0.05) is 18.2 Å². The van der Waals surface area contributed by atoms with E-state index in [4.69, 9.17) is 5.73 Å². The van der Waals surface area contributed by atoms with Crippen LogP contribution in [0.2, 0.25) is 0 Å². The first-order chi connectivity index (χ1) is 11.6. The second-order valence-electron chi connectivity index (χ2n) is 6.79.